The van der Waals surface area contributed by atoms with E-state index in [9.17, 15) is 13.5 Å². The molecule has 4 N–H and O–H groups in total. The molecule has 1 aromatic carbocycles. The third kappa shape index (κ3) is 3.87. The molecule has 6 nitrogen and oxygen atoms in total. The summed E-state index contributed by atoms with van der Waals surface area (Å²) in [4.78, 5) is 0. The summed E-state index contributed by atoms with van der Waals surface area (Å²) in [5, 5.41) is 27.1. The Morgan fingerprint density at radius 3 is 2.43 bits per heavy atom. The van der Waals surface area contributed by atoms with Crippen LogP contribution in [0.3, 0.4) is 0 Å². The maximum atomic E-state index is 14.0. The molecule has 1 aliphatic heterocycles. The molecule has 0 radical (unpaired) electrons. The number of benzene rings is 1. The third-order valence-corrected chi connectivity index (χ3v) is 5.08. The van der Waals surface area contributed by atoms with E-state index in [1.807, 2.05) is 0 Å². The molecule has 0 amide bonds. The molecule has 1 aromatic rings. The van der Waals surface area contributed by atoms with Crippen molar-refractivity contribution < 1.29 is 28.3 Å². The fourth-order valence-electron chi connectivity index (χ4n) is 2.14. The molecule has 1 heterocycles. The highest BCUT2D eigenvalue weighted by Gasteiger charge is 2.27. The Kier molecular flexibility index (Phi) is 4.75. The van der Waals surface area contributed by atoms with Crippen LogP contribution in [0.25, 0.3) is 0 Å². The lowest BCUT2D eigenvalue weighted by molar-refractivity contribution is 0.178. The first kappa shape index (κ1) is 16.1. The van der Waals surface area contributed by atoms with Crippen LogP contribution >= 0.6 is 10.6 Å². The van der Waals surface area contributed by atoms with Gasteiger partial charge in [0.25, 0.3) is 0 Å². The zero-order valence-corrected chi connectivity index (χ0v) is 11.9. The maximum absolute atomic E-state index is 14.0. The quantitative estimate of drug-likeness (QED) is 0.610. The lowest BCUT2D eigenvalue weighted by atomic mass is 9.79. The number of hydrogen-bond acceptors (Lipinski definition) is 6. The number of halogens is 1. The SMILES string of the molecule is N#Cc1cc(B(O)O)cc(F)c1OC1CCS(O)(O)CC1. The topological polar surface area (TPSA) is 114 Å². The van der Waals surface area contributed by atoms with Gasteiger partial charge in [0.05, 0.1) is 5.56 Å². The first-order valence-corrected chi connectivity index (χ1v) is 8.21. The van der Waals surface area contributed by atoms with Gasteiger partial charge in [0.1, 0.15) is 12.2 Å². The van der Waals surface area contributed by atoms with E-state index in [1.54, 1.807) is 6.07 Å². The van der Waals surface area contributed by atoms with Gasteiger partial charge in [-0.05, 0) is 17.6 Å². The molecule has 114 valence electrons. The molecule has 0 unspecified atom stereocenters. The Morgan fingerprint density at radius 2 is 1.90 bits per heavy atom. The molecule has 0 aliphatic carbocycles. The summed E-state index contributed by atoms with van der Waals surface area (Å²) in [6.07, 6.45) is 0.310. The second kappa shape index (κ2) is 6.21. The molecule has 0 aromatic heterocycles. The van der Waals surface area contributed by atoms with Crippen molar-refractivity contribution in [1.82, 2.24) is 0 Å². The summed E-state index contributed by atoms with van der Waals surface area (Å²) in [7, 11) is -4.43. The highest BCUT2D eigenvalue weighted by Crippen LogP contribution is 2.44. The van der Waals surface area contributed by atoms with Gasteiger partial charge in [-0.15, -0.1) is 0 Å². The molecular weight excluding hydrogens is 300 g/mol. The first-order valence-electron chi connectivity index (χ1n) is 6.32. The highest BCUT2D eigenvalue weighted by molar-refractivity contribution is 8.24. The Balaban J connectivity index is 2.19. The van der Waals surface area contributed by atoms with Crippen LogP contribution in [0.1, 0.15) is 18.4 Å². The second-order valence-corrected chi connectivity index (χ2v) is 7.31. The van der Waals surface area contributed by atoms with Crippen molar-refractivity contribution in [2.75, 3.05) is 11.5 Å². The average molecular weight is 315 g/mol. The highest BCUT2D eigenvalue weighted by atomic mass is 32.3. The van der Waals surface area contributed by atoms with E-state index in [0.717, 1.165) is 12.1 Å². The van der Waals surface area contributed by atoms with Gasteiger partial charge in [-0.3, -0.25) is 9.11 Å². The van der Waals surface area contributed by atoms with E-state index in [-0.39, 0.29) is 28.3 Å². The normalized spacial score (nSPS) is 19.6. The van der Waals surface area contributed by atoms with E-state index < -0.39 is 29.6 Å². The van der Waals surface area contributed by atoms with Crippen molar-refractivity contribution in [1.29, 1.82) is 5.26 Å². The zero-order chi connectivity index (χ0) is 15.6. The summed E-state index contributed by atoms with van der Waals surface area (Å²) in [6.45, 7) is 0. The molecule has 0 spiro atoms. The van der Waals surface area contributed by atoms with Gasteiger partial charge in [-0.2, -0.15) is 15.9 Å². The molecular formula is C12H15BFNO5S. The lowest BCUT2D eigenvalue weighted by Gasteiger charge is -2.39. The van der Waals surface area contributed by atoms with Crippen LogP contribution in [0, 0.1) is 17.1 Å². The monoisotopic (exact) mass is 315 g/mol. The summed E-state index contributed by atoms with van der Waals surface area (Å²) >= 11 is 0. The molecule has 1 fully saturated rings. The third-order valence-electron chi connectivity index (χ3n) is 3.30. The number of ether oxygens (including phenoxy) is 1. The minimum atomic E-state index is -2.56. The fraction of sp³-hybridized carbons (Fsp3) is 0.417. The Hall–Kier alpha value is -1.31. The van der Waals surface area contributed by atoms with Crippen molar-refractivity contribution in [3.8, 4) is 11.8 Å². The Labute approximate surface area is 123 Å². The maximum Gasteiger partial charge on any atom is 0.488 e. The van der Waals surface area contributed by atoms with E-state index in [1.165, 1.54) is 0 Å². The van der Waals surface area contributed by atoms with Gasteiger partial charge in [0.2, 0.25) is 0 Å². The summed E-state index contributed by atoms with van der Waals surface area (Å²) in [6, 6.07) is 3.81. The summed E-state index contributed by atoms with van der Waals surface area (Å²) in [5.41, 5.74) is -0.260. The van der Waals surface area contributed by atoms with Crippen molar-refractivity contribution >= 4 is 23.2 Å². The van der Waals surface area contributed by atoms with Crippen molar-refractivity contribution in [2.24, 2.45) is 0 Å². The molecule has 0 bridgehead atoms. The first-order chi connectivity index (χ1) is 9.82. The van der Waals surface area contributed by atoms with E-state index in [4.69, 9.17) is 20.0 Å². The molecule has 1 aliphatic rings. The van der Waals surface area contributed by atoms with Crippen LogP contribution in [0.2, 0.25) is 0 Å². The van der Waals surface area contributed by atoms with Gasteiger partial charge in [-0.25, -0.2) is 4.39 Å². The minimum Gasteiger partial charge on any atom is -0.486 e. The largest absolute Gasteiger partial charge is 0.488 e. The van der Waals surface area contributed by atoms with Gasteiger partial charge in [0, 0.05) is 24.3 Å². The average Bonchev–Trinajstić information content (AvgIpc) is 2.42. The predicted molar refractivity (Wildman–Crippen MR) is 77.2 cm³/mol. The van der Waals surface area contributed by atoms with E-state index in [0.29, 0.717) is 12.8 Å². The molecule has 0 saturated carbocycles. The smallest absolute Gasteiger partial charge is 0.486 e. The molecule has 9 heteroatoms. The predicted octanol–water partition coefficient (Wildman–Crippen LogP) is 0.669. The Morgan fingerprint density at radius 1 is 1.29 bits per heavy atom. The van der Waals surface area contributed by atoms with Crippen molar-refractivity contribution in [2.45, 2.75) is 18.9 Å². The van der Waals surface area contributed by atoms with Gasteiger partial charge >= 0.3 is 7.12 Å². The summed E-state index contributed by atoms with van der Waals surface area (Å²) < 4.78 is 38.5. The van der Waals surface area contributed by atoms with Crippen LogP contribution in [0.5, 0.6) is 5.75 Å². The molecule has 21 heavy (non-hydrogen) atoms. The van der Waals surface area contributed by atoms with Gasteiger partial charge in [0.15, 0.2) is 11.6 Å². The van der Waals surface area contributed by atoms with Crippen molar-refractivity contribution in [3.05, 3.63) is 23.5 Å². The molecule has 2 rings (SSSR count). The number of hydrogen-bond donors (Lipinski definition) is 4. The molecule has 0 atom stereocenters. The number of rotatable bonds is 3. The van der Waals surface area contributed by atoms with Crippen LogP contribution in [0.15, 0.2) is 12.1 Å². The minimum absolute atomic E-state index is 0.129. The van der Waals surface area contributed by atoms with Crippen LogP contribution < -0.4 is 10.2 Å². The van der Waals surface area contributed by atoms with Crippen LogP contribution in [0.4, 0.5) is 4.39 Å². The number of nitriles is 1. The number of nitrogens with zero attached hydrogens (tertiary/aromatic N) is 1. The van der Waals surface area contributed by atoms with Crippen molar-refractivity contribution in [3.63, 3.8) is 0 Å². The van der Waals surface area contributed by atoms with Gasteiger partial charge in [-0.1, -0.05) is 0 Å². The Bertz CT molecular complexity index is 568. The fourth-order valence-corrected chi connectivity index (χ4v) is 3.62. The second-order valence-electron chi connectivity index (χ2n) is 4.89. The van der Waals surface area contributed by atoms with Crippen LogP contribution in [-0.4, -0.2) is 43.9 Å². The standard InChI is InChI=1S/C12H15BFNO5S/c14-11-6-9(13(16)17)5-8(7-15)12(11)20-10-1-3-21(18,19)4-2-10/h5-6,10,16-19H,1-4H2. The van der Waals surface area contributed by atoms with Crippen LogP contribution in [-0.2, 0) is 0 Å². The van der Waals surface area contributed by atoms with E-state index in [2.05, 4.69) is 0 Å². The van der Waals surface area contributed by atoms with Gasteiger partial charge < -0.3 is 14.8 Å². The summed E-state index contributed by atoms with van der Waals surface area (Å²) in [5.74, 6) is -0.719. The lowest BCUT2D eigenvalue weighted by Crippen LogP contribution is -2.32. The zero-order valence-electron chi connectivity index (χ0n) is 11.1. The molecule has 1 saturated heterocycles. The van der Waals surface area contributed by atoms with E-state index >= 15 is 0 Å².